The number of fused-ring (bicyclic) bond motifs is 1. The predicted molar refractivity (Wildman–Crippen MR) is 117 cm³/mol. The Morgan fingerprint density at radius 3 is 2.38 bits per heavy atom. The summed E-state index contributed by atoms with van der Waals surface area (Å²) in [4.78, 5) is 21.6. The van der Waals surface area contributed by atoms with Crippen molar-refractivity contribution in [3.8, 4) is 11.1 Å². The molecule has 0 aliphatic carbocycles. The van der Waals surface area contributed by atoms with Crippen LogP contribution in [0, 0.1) is 0 Å². The molecule has 1 aliphatic rings. The Kier molecular flexibility index (Phi) is 6.48. The second kappa shape index (κ2) is 9.30. The second-order valence-corrected chi connectivity index (χ2v) is 8.14. The summed E-state index contributed by atoms with van der Waals surface area (Å²) >= 11 is 0. The molecule has 0 bridgehead atoms. The molecule has 6 nitrogen and oxygen atoms in total. The predicted octanol–water partition coefficient (Wildman–Crippen LogP) is 3.39. The van der Waals surface area contributed by atoms with E-state index in [1.807, 2.05) is 0 Å². The third-order valence-electron chi connectivity index (χ3n) is 5.76. The first-order chi connectivity index (χ1) is 15.3. The molecule has 0 spiro atoms. The van der Waals surface area contributed by atoms with Crippen LogP contribution in [0.15, 0.2) is 48.8 Å². The number of nitrogens with zero attached hydrogens (tertiary/aromatic N) is 4. The molecule has 1 amide bonds. The van der Waals surface area contributed by atoms with Crippen molar-refractivity contribution < 1.29 is 18.0 Å². The maximum atomic E-state index is 12.8. The van der Waals surface area contributed by atoms with Gasteiger partial charge in [-0.25, -0.2) is 4.98 Å². The van der Waals surface area contributed by atoms with Gasteiger partial charge in [-0.1, -0.05) is 12.1 Å². The van der Waals surface area contributed by atoms with Crippen LogP contribution in [0.3, 0.4) is 0 Å². The van der Waals surface area contributed by atoms with Crippen LogP contribution >= 0.6 is 0 Å². The highest BCUT2D eigenvalue weighted by molar-refractivity contribution is 5.92. The van der Waals surface area contributed by atoms with E-state index in [9.17, 15) is 18.0 Å². The lowest BCUT2D eigenvalue weighted by atomic mass is 10.1. The number of benzene rings is 1. The van der Waals surface area contributed by atoms with Crippen LogP contribution in [0.5, 0.6) is 0 Å². The summed E-state index contributed by atoms with van der Waals surface area (Å²) in [5, 5.41) is 2.92. The second-order valence-electron chi connectivity index (χ2n) is 8.14. The number of imidazole rings is 1. The van der Waals surface area contributed by atoms with Crippen molar-refractivity contribution in [2.45, 2.75) is 12.6 Å². The van der Waals surface area contributed by atoms with Gasteiger partial charge in [0.05, 0.1) is 5.56 Å². The zero-order chi connectivity index (χ0) is 22.7. The van der Waals surface area contributed by atoms with E-state index in [-0.39, 0.29) is 5.91 Å². The molecule has 1 aromatic carbocycles. The molecule has 2 aromatic heterocycles. The molecule has 1 saturated heterocycles. The number of carbonyl (C=O) groups is 1. The van der Waals surface area contributed by atoms with Gasteiger partial charge in [-0.3, -0.25) is 4.79 Å². The molecule has 3 heterocycles. The Morgan fingerprint density at radius 2 is 1.69 bits per heavy atom. The molecule has 1 N–H and O–H groups in total. The molecule has 9 heteroatoms. The molecule has 0 unspecified atom stereocenters. The molecule has 1 aliphatic heterocycles. The van der Waals surface area contributed by atoms with Crippen LogP contribution in [0.1, 0.15) is 22.5 Å². The number of amides is 1. The summed E-state index contributed by atoms with van der Waals surface area (Å²) in [6.07, 6.45) is -0.0890. The Bertz CT molecular complexity index is 1070. The first-order valence-corrected chi connectivity index (χ1v) is 10.6. The number of hydrogen-bond acceptors (Lipinski definition) is 4. The maximum absolute atomic E-state index is 12.8. The van der Waals surface area contributed by atoms with E-state index < -0.39 is 11.7 Å². The highest BCUT2D eigenvalue weighted by atomic mass is 19.4. The normalized spacial score (nSPS) is 15.9. The van der Waals surface area contributed by atoms with Gasteiger partial charge in [-0.15, -0.1) is 0 Å². The minimum atomic E-state index is -4.36. The summed E-state index contributed by atoms with van der Waals surface area (Å²) in [6, 6.07) is 8.53. The lowest BCUT2D eigenvalue weighted by Crippen LogP contribution is -2.45. The van der Waals surface area contributed by atoms with Crippen LogP contribution in [-0.2, 0) is 6.18 Å². The summed E-state index contributed by atoms with van der Waals surface area (Å²) in [5.74, 6) is -0.233. The fraction of sp³-hybridized carbons (Fsp3) is 0.391. The van der Waals surface area contributed by atoms with Gasteiger partial charge in [-0.05, 0) is 55.4 Å². The summed E-state index contributed by atoms with van der Waals surface area (Å²) < 4.78 is 40.0. The van der Waals surface area contributed by atoms with E-state index in [0.717, 1.165) is 56.8 Å². The molecule has 0 saturated carbocycles. The van der Waals surface area contributed by atoms with E-state index in [2.05, 4.69) is 27.1 Å². The summed E-state index contributed by atoms with van der Waals surface area (Å²) in [6.45, 7) is 5.78. The average molecular weight is 445 g/mol. The fourth-order valence-corrected chi connectivity index (χ4v) is 3.79. The molecule has 0 radical (unpaired) electrons. The number of likely N-dealkylation sites (N-methyl/N-ethyl adjacent to an activating group) is 1. The van der Waals surface area contributed by atoms with E-state index in [0.29, 0.717) is 23.4 Å². The van der Waals surface area contributed by atoms with Gasteiger partial charge in [0.25, 0.3) is 5.91 Å². The lowest BCUT2D eigenvalue weighted by Gasteiger charge is -2.32. The standard InChI is InChI=1S/C23H26F3N5O/c1-29-11-13-30(14-12-29)10-2-9-27-22(32)20-16-31-15-18(5-8-21(31)28-20)17-3-6-19(7-4-17)23(24,25)26/h3-8,15-16H,2,9-14H2,1H3,(H,27,32). The average Bonchev–Trinajstić information content (AvgIpc) is 3.21. The van der Waals surface area contributed by atoms with E-state index in [1.54, 1.807) is 28.9 Å². The molecular weight excluding hydrogens is 419 g/mol. The number of pyridine rings is 1. The van der Waals surface area contributed by atoms with E-state index in [1.165, 1.54) is 12.1 Å². The highest BCUT2D eigenvalue weighted by Crippen LogP contribution is 2.31. The van der Waals surface area contributed by atoms with Gasteiger partial charge < -0.3 is 19.5 Å². The van der Waals surface area contributed by atoms with Crippen LogP contribution in [0.25, 0.3) is 16.8 Å². The van der Waals surface area contributed by atoms with Crippen LogP contribution in [0.4, 0.5) is 13.2 Å². The Hall–Kier alpha value is -2.91. The van der Waals surface area contributed by atoms with Crippen molar-refractivity contribution in [1.82, 2.24) is 24.5 Å². The number of halogens is 3. The minimum Gasteiger partial charge on any atom is -0.351 e. The molecule has 4 rings (SSSR count). The zero-order valence-electron chi connectivity index (χ0n) is 17.9. The molecule has 0 atom stereocenters. The minimum absolute atomic E-state index is 0.233. The number of alkyl halides is 3. The largest absolute Gasteiger partial charge is 0.416 e. The van der Waals surface area contributed by atoms with Crippen LogP contribution in [-0.4, -0.2) is 71.4 Å². The molecule has 1 fully saturated rings. The third-order valence-corrected chi connectivity index (χ3v) is 5.76. The van der Waals surface area contributed by atoms with Crippen molar-refractivity contribution in [3.05, 3.63) is 60.0 Å². The zero-order valence-corrected chi connectivity index (χ0v) is 17.9. The van der Waals surface area contributed by atoms with Crippen LogP contribution < -0.4 is 5.32 Å². The van der Waals surface area contributed by atoms with Crippen molar-refractivity contribution >= 4 is 11.6 Å². The van der Waals surface area contributed by atoms with Gasteiger partial charge in [-0.2, -0.15) is 13.2 Å². The van der Waals surface area contributed by atoms with E-state index >= 15 is 0 Å². The van der Waals surface area contributed by atoms with Gasteiger partial charge in [0, 0.05) is 45.1 Å². The van der Waals surface area contributed by atoms with E-state index in [4.69, 9.17) is 0 Å². The Morgan fingerprint density at radius 1 is 1.00 bits per heavy atom. The Balaban J connectivity index is 1.35. The van der Waals surface area contributed by atoms with Gasteiger partial charge in [0.2, 0.25) is 0 Å². The topological polar surface area (TPSA) is 52.9 Å². The molecule has 3 aromatic rings. The number of hydrogen-bond donors (Lipinski definition) is 1. The number of piperazine rings is 1. The molecular formula is C23H26F3N5O. The number of aromatic nitrogens is 2. The summed E-state index contributed by atoms with van der Waals surface area (Å²) in [5.41, 5.74) is 1.63. The SMILES string of the molecule is CN1CCN(CCCNC(=O)c2cn3cc(-c4ccc(C(F)(F)F)cc4)ccc3n2)CC1. The molecule has 32 heavy (non-hydrogen) atoms. The fourth-order valence-electron chi connectivity index (χ4n) is 3.79. The quantitative estimate of drug-likeness (QED) is 0.591. The lowest BCUT2D eigenvalue weighted by molar-refractivity contribution is -0.137. The maximum Gasteiger partial charge on any atom is 0.416 e. The smallest absolute Gasteiger partial charge is 0.351 e. The van der Waals surface area contributed by atoms with Crippen molar-refractivity contribution in [2.24, 2.45) is 0 Å². The van der Waals surface area contributed by atoms with Crippen molar-refractivity contribution in [2.75, 3.05) is 46.3 Å². The van der Waals surface area contributed by atoms with Gasteiger partial charge >= 0.3 is 6.18 Å². The van der Waals surface area contributed by atoms with Gasteiger partial charge in [0.15, 0.2) is 0 Å². The van der Waals surface area contributed by atoms with Gasteiger partial charge in [0.1, 0.15) is 11.3 Å². The number of carbonyl (C=O) groups excluding carboxylic acids is 1. The van der Waals surface area contributed by atoms with Crippen molar-refractivity contribution in [3.63, 3.8) is 0 Å². The first-order valence-electron chi connectivity index (χ1n) is 10.6. The summed E-state index contributed by atoms with van der Waals surface area (Å²) in [7, 11) is 2.12. The number of rotatable bonds is 6. The molecule has 170 valence electrons. The van der Waals surface area contributed by atoms with Crippen molar-refractivity contribution in [1.29, 1.82) is 0 Å². The van der Waals surface area contributed by atoms with Crippen LogP contribution in [0.2, 0.25) is 0 Å². The number of nitrogens with one attached hydrogen (secondary N) is 1. The Labute approximate surface area is 184 Å². The first kappa shape index (κ1) is 22.3. The highest BCUT2D eigenvalue weighted by Gasteiger charge is 2.30. The third kappa shape index (κ3) is 5.28. The monoisotopic (exact) mass is 445 g/mol.